The SMILES string of the molecule is C/C=C/C1=CN(C(=O)c2cc(OC)c(OCCCOc3cc([N+](=O)[O-])c(C(=O)N4C=C(/C=C/C)C[C@H]4COC(C)=O)cc3OC)cc2[N+](=O)[O-])[C@H](COC(C)=O)C1. The van der Waals surface area contributed by atoms with Gasteiger partial charge >= 0.3 is 11.9 Å². The summed E-state index contributed by atoms with van der Waals surface area (Å²) in [6, 6.07) is 3.40. The average Bonchev–Trinajstić information content (AvgIpc) is 3.78. The van der Waals surface area contributed by atoms with E-state index in [0.717, 1.165) is 23.3 Å². The van der Waals surface area contributed by atoms with Crippen molar-refractivity contribution in [2.75, 3.05) is 40.6 Å². The van der Waals surface area contributed by atoms with Gasteiger partial charge in [0.1, 0.15) is 24.3 Å². The first-order chi connectivity index (χ1) is 27.2. The van der Waals surface area contributed by atoms with Crippen LogP contribution in [0.2, 0.25) is 0 Å². The molecule has 18 heteroatoms. The number of benzene rings is 2. The van der Waals surface area contributed by atoms with Crippen LogP contribution in [0, 0.1) is 20.2 Å². The summed E-state index contributed by atoms with van der Waals surface area (Å²) >= 11 is 0. The molecule has 57 heavy (non-hydrogen) atoms. The summed E-state index contributed by atoms with van der Waals surface area (Å²) in [5.41, 5.74) is -0.0986. The lowest BCUT2D eigenvalue weighted by atomic mass is 10.1. The third-order valence-electron chi connectivity index (χ3n) is 8.75. The molecule has 2 atom stereocenters. The van der Waals surface area contributed by atoms with Crippen molar-refractivity contribution in [3.05, 3.63) is 103 Å². The maximum Gasteiger partial charge on any atom is 0.302 e. The van der Waals surface area contributed by atoms with Gasteiger partial charge in [-0.25, -0.2) is 0 Å². The van der Waals surface area contributed by atoms with E-state index in [0.29, 0.717) is 12.8 Å². The van der Waals surface area contributed by atoms with Gasteiger partial charge in [0.25, 0.3) is 23.2 Å². The van der Waals surface area contributed by atoms with Crippen LogP contribution in [-0.4, -0.2) is 96.1 Å². The number of methoxy groups -OCH3 is 2. The van der Waals surface area contributed by atoms with E-state index in [1.165, 1.54) is 50.0 Å². The van der Waals surface area contributed by atoms with Crippen molar-refractivity contribution in [1.29, 1.82) is 0 Å². The van der Waals surface area contributed by atoms with E-state index in [4.69, 9.17) is 28.4 Å². The van der Waals surface area contributed by atoms with E-state index in [-0.39, 0.29) is 67.0 Å². The Balaban J connectivity index is 1.49. The maximum atomic E-state index is 13.7. The molecule has 4 rings (SSSR count). The number of ether oxygens (including phenoxy) is 6. The monoisotopic (exact) mass is 792 g/mol. The molecule has 2 aliphatic heterocycles. The maximum absolute atomic E-state index is 13.7. The second kappa shape index (κ2) is 19.7. The lowest BCUT2D eigenvalue weighted by molar-refractivity contribution is -0.385. The summed E-state index contributed by atoms with van der Waals surface area (Å²) in [4.78, 5) is 76.0. The molecule has 2 aliphatic rings. The molecule has 0 fully saturated rings. The van der Waals surface area contributed by atoms with Crippen molar-refractivity contribution in [3.8, 4) is 23.0 Å². The fourth-order valence-electron chi connectivity index (χ4n) is 6.21. The number of rotatable bonds is 18. The minimum absolute atomic E-state index is 0.0274. The summed E-state index contributed by atoms with van der Waals surface area (Å²) in [6.45, 7) is 5.75. The van der Waals surface area contributed by atoms with Gasteiger partial charge in [-0.05, 0) is 37.8 Å². The normalized spacial score (nSPS) is 16.3. The van der Waals surface area contributed by atoms with Gasteiger partial charge in [-0.15, -0.1) is 0 Å². The van der Waals surface area contributed by atoms with E-state index >= 15 is 0 Å². The van der Waals surface area contributed by atoms with E-state index in [1.807, 2.05) is 0 Å². The molecule has 0 aliphatic carbocycles. The Labute approximate surface area is 328 Å². The van der Waals surface area contributed by atoms with Crippen LogP contribution in [-0.2, 0) is 19.1 Å². The molecular formula is C39H44N4O14. The van der Waals surface area contributed by atoms with Crippen molar-refractivity contribution in [3.63, 3.8) is 0 Å². The van der Waals surface area contributed by atoms with Crippen molar-refractivity contribution in [2.45, 2.75) is 59.0 Å². The van der Waals surface area contributed by atoms with Crippen LogP contribution in [0.25, 0.3) is 0 Å². The number of esters is 2. The first-order valence-corrected chi connectivity index (χ1v) is 17.8. The molecule has 0 N–H and O–H groups in total. The quantitative estimate of drug-likeness (QED) is 0.0750. The van der Waals surface area contributed by atoms with Gasteiger partial charge in [-0.3, -0.25) is 39.4 Å². The Morgan fingerprint density at radius 3 is 1.39 bits per heavy atom. The van der Waals surface area contributed by atoms with Crippen LogP contribution >= 0.6 is 0 Å². The molecule has 0 aromatic heterocycles. The highest BCUT2D eigenvalue weighted by molar-refractivity contribution is 6.01. The molecule has 2 heterocycles. The predicted molar refractivity (Wildman–Crippen MR) is 203 cm³/mol. The van der Waals surface area contributed by atoms with Crippen LogP contribution in [0.4, 0.5) is 11.4 Å². The molecule has 0 spiro atoms. The van der Waals surface area contributed by atoms with Gasteiger partial charge in [-0.1, -0.05) is 24.3 Å². The first-order valence-electron chi connectivity index (χ1n) is 17.8. The first kappa shape index (κ1) is 43.0. The van der Waals surface area contributed by atoms with Crippen LogP contribution in [0.3, 0.4) is 0 Å². The summed E-state index contributed by atoms with van der Waals surface area (Å²) in [6.07, 6.45) is 11.2. The average molecular weight is 793 g/mol. The molecule has 18 nitrogen and oxygen atoms in total. The third-order valence-corrected chi connectivity index (χ3v) is 8.75. The minimum atomic E-state index is -0.717. The number of hydrogen-bond acceptors (Lipinski definition) is 14. The van der Waals surface area contributed by atoms with Crippen molar-refractivity contribution < 1.29 is 57.4 Å². The lowest BCUT2D eigenvalue weighted by Gasteiger charge is -2.23. The predicted octanol–water partition coefficient (Wildman–Crippen LogP) is 5.84. The Bertz CT molecular complexity index is 1880. The number of carbonyl (C=O) groups excluding carboxylic acids is 4. The van der Waals surface area contributed by atoms with Crippen molar-refractivity contribution in [2.24, 2.45) is 0 Å². The van der Waals surface area contributed by atoms with Gasteiger partial charge in [0.05, 0.1) is 61.5 Å². The Hall–Kier alpha value is -6.72. The second-order valence-electron chi connectivity index (χ2n) is 12.8. The molecule has 0 saturated carbocycles. The summed E-state index contributed by atoms with van der Waals surface area (Å²) in [5.74, 6) is -2.45. The zero-order chi connectivity index (χ0) is 41.8. The largest absolute Gasteiger partial charge is 0.493 e. The van der Waals surface area contributed by atoms with Crippen LogP contribution < -0.4 is 18.9 Å². The number of nitrogens with zero attached hydrogens (tertiary/aromatic N) is 4. The molecule has 0 saturated heterocycles. The third kappa shape index (κ3) is 10.7. The molecule has 2 aromatic carbocycles. The summed E-state index contributed by atoms with van der Waals surface area (Å²) in [5, 5.41) is 24.4. The fraction of sp³-hybridized carbons (Fsp3) is 0.385. The Morgan fingerprint density at radius 1 is 0.684 bits per heavy atom. The van der Waals surface area contributed by atoms with E-state index in [2.05, 4.69) is 0 Å². The number of allylic oxidation sites excluding steroid dienone is 4. The van der Waals surface area contributed by atoms with Gasteiger partial charge in [-0.2, -0.15) is 0 Å². The van der Waals surface area contributed by atoms with Crippen LogP contribution in [0.1, 0.15) is 67.7 Å². The Morgan fingerprint density at radius 2 is 1.07 bits per heavy atom. The molecule has 0 radical (unpaired) electrons. The van der Waals surface area contributed by atoms with E-state index in [1.54, 1.807) is 50.6 Å². The number of carbonyl (C=O) groups is 4. The lowest BCUT2D eigenvalue weighted by Crippen LogP contribution is -2.37. The zero-order valence-electron chi connectivity index (χ0n) is 32.4. The molecular weight excluding hydrogens is 748 g/mol. The minimum Gasteiger partial charge on any atom is -0.493 e. The van der Waals surface area contributed by atoms with Gasteiger partial charge in [0.2, 0.25) is 0 Å². The van der Waals surface area contributed by atoms with Crippen molar-refractivity contribution in [1.82, 2.24) is 9.80 Å². The standard InChI is InChI=1S/C39H44N4O14/c1-7-10-26-14-28(22-56-24(3)44)40(20-26)38(46)30-16-34(52-5)36(18-32(30)42(48)49)54-12-9-13-55-37-19-33(43(50)51)31(17-35(37)53-6)39(47)41-21-27(11-8-2)15-29(41)23-57-25(4)45/h7-8,10-11,16-21,28-29H,9,12-15,22-23H2,1-6H3/b10-7+,11-8+/t28-,29-/m0/s1. The molecule has 2 aromatic rings. The molecule has 0 unspecified atom stereocenters. The molecule has 2 amide bonds. The number of amides is 2. The van der Waals surface area contributed by atoms with Gasteiger partial charge in [0.15, 0.2) is 23.0 Å². The highest BCUT2D eigenvalue weighted by atomic mass is 16.6. The summed E-state index contributed by atoms with van der Waals surface area (Å²) < 4.78 is 32.7. The number of nitro benzene ring substituents is 2. The molecule has 0 bridgehead atoms. The van der Waals surface area contributed by atoms with E-state index < -0.39 is 57.1 Å². The number of hydrogen-bond donors (Lipinski definition) is 0. The zero-order valence-corrected chi connectivity index (χ0v) is 32.4. The topological polar surface area (TPSA) is 216 Å². The summed E-state index contributed by atoms with van der Waals surface area (Å²) in [7, 11) is 2.62. The number of nitro groups is 2. The van der Waals surface area contributed by atoms with Crippen LogP contribution in [0.5, 0.6) is 23.0 Å². The van der Waals surface area contributed by atoms with E-state index in [9.17, 15) is 39.4 Å². The highest BCUT2D eigenvalue weighted by Gasteiger charge is 2.36. The van der Waals surface area contributed by atoms with Crippen LogP contribution in [0.15, 0.2) is 72.1 Å². The van der Waals surface area contributed by atoms with Gasteiger partial charge in [0, 0.05) is 44.8 Å². The van der Waals surface area contributed by atoms with Gasteiger partial charge < -0.3 is 38.2 Å². The van der Waals surface area contributed by atoms with Crippen molar-refractivity contribution >= 4 is 35.1 Å². The molecule has 304 valence electrons. The Kier molecular flexibility index (Phi) is 14.9. The smallest absolute Gasteiger partial charge is 0.302 e. The second-order valence-corrected chi connectivity index (χ2v) is 12.8. The highest BCUT2D eigenvalue weighted by Crippen LogP contribution is 2.39. The fourth-order valence-corrected chi connectivity index (χ4v) is 6.21.